The molecule has 0 saturated heterocycles. The van der Waals surface area contributed by atoms with E-state index in [1.165, 1.54) is 16.9 Å². The van der Waals surface area contributed by atoms with Gasteiger partial charge in [-0.15, -0.1) is 0 Å². The standard InChI is InChI=1S/C37H31ClN2O4S/c1-3-43-32-20-23(16-19-31(32)44-22-25-11-5-8-14-29(25)38)21-33-36(41)40-35(27-13-7-9-15-30(27)42-2)28-18-17-24-10-4-6-12-26(24)34(28)39-37(40)45-33/h4-16,19-21,35H,3,17-18,22H2,1-2H3/b33-21+/t35-/m1/s1. The summed E-state index contributed by atoms with van der Waals surface area (Å²) in [5.74, 6) is 1.96. The summed E-state index contributed by atoms with van der Waals surface area (Å²) < 4.78 is 20.3. The quantitative estimate of drug-likeness (QED) is 0.185. The third kappa shape index (κ3) is 5.47. The molecule has 226 valence electrons. The zero-order valence-electron chi connectivity index (χ0n) is 25.0. The Bertz CT molecular complexity index is 2130. The largest absolute Gasteiger partial charge is 0.496 e. The fraction of sp³-hybridized carbons (Fsp3) is 0.189. The summed E-state index contributed by atoms with van der Waals surface area (Å²) >= 11 is 7.73. The van der Waals surface area contributed by atoms with Crippen LogP contribution in [0.15, 0.2) is 106 Å². The monoisotopic (exact) mass is 634 g/mol. The number of ether oxygens (including phenoxy) is 3. The van der Waals surface area contributed by atoms with E-state index in [4.69, 9.17) is 30.8 Å². The molecule has 8 heteroatoms. The normalized spacial score (nSPS) is 15.5. The molecular formula is C37H31ClN2O4S. The van der Waals surface area contributed by atoms with E-state index in [1.54, 1.807) is 7.11 Å². The molecule has 0 N–H and O–H groups in total. The van der Waals surface area contributed by atoms with Crippen molar-refractivity contribution in [3.63, 3.8) is 0 Å². The number of hydrogen-bond donors (Lipinski definition) is 0. The first kappa shape index (κ1) is 29.1. The van der Waals surface area contributed by atoms with E-state index in [1.807, 2.05) is 84.3 Å². The van der Waals surface area contributed by atoms with E-state index in [-0.39, 0.29) is 11.6 Å². The Morgan fingerprint density at radius 1 is 0.933 bits per heavy atom. The number of methoxy groups -OCH3 is 1. The van der Waals surface area contributed by atoms with E-state index >= 15 is 0 Å². The summed E-state index contributed by atoms with van der Waals surface area (Å²) in [6.45, 7) is 2.72. The lowest BCUT2D eigenvalue weighted by atomic mass is 9.83. The van der Waals surface area contributed by atoms with E-state index in [9.17, 15) is 4.79 Å². The van der Waals surface area contributed by atoms with Gasteiger partial charge in [-0.2, -0.15) is 0 Å². The molecule has 1 aliphatic heterocycles. The molecule has 0 unspecified atom stereocenters. The molecule has 45 heavy (non-hydrogen) atoms. The Morgan fingerprint density at radius 2 is 1.73 bits per heavy atom. The number of aromatic nitrogens is 1. The van der Waals surface area contributed by atoms with Gasteiger partial charge in [-0.25, -0.2) is 4.99 Å². The molecule has 0 fully saturated rings. The summed E-state index contributed by atoms with van der Waals surface area (Å²) in [4.78, 5) is 20.0. The van der Waals surface area contributed by atoms with Crippen molar-refractivity contribution < 1.29 is 14.2 Å². The maximum absolute atomic E-state index is 14.2. The number of allylic oxidation sites excluding steroid dienone is 1. The van der Waals surface area contributed by atoms with Crippen molar-refractivity contribution in [1.82, 2.24) is 4.57 Å². The molecular weight excluding hydrogens is 604 g/mol. The Kier molecular flexibility index (Phi) is 8.04. The molecule has 5 aromatic rings. The predicted octanol–water partition coefficient (Wildman–Crippen LogP) is 6.96. The third-order valence-corrected chi connectivity index (χ3v) is 9.56. The number of benzene rings is 4. The topological polar surface area (TPSA) is 62.0 Å². The average molecular weight is 635 g/mol. The van der Waals surface area contributed by atoms with E-state index in [0.29, 0.717) is 39.1 Å². The molecule has 0 radical (unpaired) electrons. The van der Waals surface area contributed by atoms with Crippen molar-refractivity contribution in [1.29, 1.82) is 0 Å². The summed E-state index contributed by atoms with van der Waals surface area (Å²) in [6.07, 6.45) is 3.61. The fourth-order valence-corrected chi connectivity index (χ4v) is 7.31. The van der Waals surface area contributed by atoms with Gasteiger partial charge in [0.05, 0.1) is 30.0 Å². The van der Waals surface area contributed by atoms with Crippen LogP contribution >= 0.6 is 22.9 Å². The number of nitrogens with zero attached hydrogens (tertiary/aromatic N) is 2. The SMILES string of the molecule is CCOc1cc(/C=c2/sc3n(c2=O)[C@H](c2ccccc2OC)C2=C(N=3)c3ccccc3CC2)ccc1OCc1ccccc1Cl. The molecule has 0 spiro atoms. The highest BCUT2D eigenvalue weighted by atomic mass is 35.5. The molecule has 0 amide bonds. The Hall–Kier alpha value is -4.59. The van der Waals surface area contributed by atoms with Crippen molar-refractivity contribution in [2.75, 3.05) is 13.7 Å². The number of halogens is 1. The van der Waals surface area contributed by atoms with Crippen molar-refractivity contribution in [3.8, 4) is 17.2 Å². The van der Waals surface area contributed by atoms with Crippen LogP contribution in [0, 0.1) is 0 Å². The maximum Gasteiger partial charge on any atom is 0.271 e. The molecule has 6 nitrogen and oxygen atoms in total. The van der Waals surface area contributed by atoms with Crippen molar-refractivity contribution in [3.05, 3.63) is 149 Å². The highest BCUT2D eigenvalue weighted by Gasteiger charge is 2.34. The number of aryl methyl sites for hydroxylation is 1. The van der Waals surface area contributed by atoms with E-state index < -0.39 is 0 Å². The number of para-hydroxylation sites is 1. The summed E-state index contributed by atoms with van der Waals surface area (Å²) in [5, 5.41) is 0.652. The highest BCUT2D eigenvalue weighted by Crippen LogP contribution is 2.43. The van der Waals surface area contributed by atoms with Crippen molar-refractivity contribution in [2.24, 2.45) is 4.99 Å². The van der Waals surface area contributed by atoms with Crippen molar-refractivity contribution >= 4 is 34.7 Å². The van der Waals surface area contributed by atoms with Gasteiger partial charge in [0.2, 0.25) is 0 Å². The molecule has 0 bridgehead atoms. The van der Waals surface area contributed by atoms with Crippen molar-refractivity contribution in [2.45, 2.75) is 32.4 Å². The Morgan fingerprint density at radius 3 is 2.58 bits per heavy atom. The van der Waals surface area contributed by atoms with Crippen LogP contribution in [0.4, 0.5) is 0 Å². The molecule has 1 atom stereocenters. The molecule has 1 aromatic heterocycles. The first-order valence-electron chi connectivity index (χ1n) is 14.9. The lowest BCUT2D eigenvalue weighted by molar-refractivity contribution is 0.269. The first-order chi connectivity index (χ1) is 22.1. The van der Waals surface area contributed by atoms with Gasteiger partial charge in [-0.3, -0.25) is 9.36 Å². The molecule has 1 aliphatic carbocycles. The van der Waals surface area contributed by atoms with Crippen LogP contribution in [0.5, 0.6) is 17.2 Å². The Labute approximate surface area is 270 Å². The molecule has 2 aliphatic rings. The van der Waals surface area contributed by atoms with Gasteiger partial charge in [-0.1, -0.05) is 89.7 Å². The van der Waals surface area contributed by atoms with Crippen LogP contribution in [0.1, 0.15) is 47.2 Å². The summed E-state index contributed by atoms with van der Waals surface area (Å²) in [7, 11) is 1.67. The zero-order chi connectivity index (χ0) is 30.9. The van der Waals surface area contributed by atoms with Crippen LogP contribution in [-0.4, -0.2) is 18.3 Å². The molecule has 2 heterocycles. The minimum Gasteiger partial charge on any atom is -0.496 e. The summed E-state index contributed by atoms with van der Waals surface area (Å²) in [6, 6.07) is 29.4. The lowest BCUT2D eigenvalue weighted by Crippen LogP contribution is -2.39. The number of fused-ring (bicyclic) bond motifs is 3. The molecule has 7 rings (SSSR count). The van der Waals surface area contributed by atoms with Crippen LogP contribution in [0.2, 0.25) is 5.02 Å². The zero-order valence-corrected chi connectivity index (χ0v) is 26.5. The summed E-state index contributed by atoms with van der Waals surface area (Å²) in [5.41, 5.74) is 7.09. The maximum atomic E-state index is 14.2. The predicted molar refractivity (Wildman–Crippen MR) is 179 cm³/mol. The highest BCUT2D eigenvalue weighted by molar-refractivity contribution is 7.07. The molecule has 4 aromatic carbocycles. The second kappa shape index (κ2) is 12.4. The Balaban J connectivity index is 1.33. The minimum absolute atomic E-state index is 0.0860. The lowest BCUT2D eigenvalue weighted by Gasteiger charge is -2.31. The van der Waals surface area contributed by atoms with E-state index in [2.05, 4.69) is 24.3 Å². The van der Waals surface area contributed by atoms with Gasteiger partial charge in [0.15, 0.2) is 16.3 Å². The first-order valence-corrected chi connectivity index (χ1v) is 16.1. The van der Waals surface area contributed by atoms with Crippen LogP contribution in [0.3, 0.4) is 0 Å². The average Bonchev–Trinajstić information content (AvgIpc) is 3.38. The number of hydrogen-bond acceptors (Lipinski definition) is 6. The van der Waals surface area contributed by atoms with Crippen LogP contribution in [-0.2, 0) is 13.0 Å². The van der Waals surface area contributed by atoms with Gasteiger partial charge >= 0.3 is 0 Å². The number of rotatable bonds is 8. The smallest absolute Gasteiger partial charge is 0.271 e. The van der Waals surface area contributed by atoms with E-state index in [0.717, 1.165) is 52.1 Å². The van der Waals surface area contributed by atoms with Gasteiger partial charge < -0.3 is 14.2 Å². The van der Waals surface area contributed by atoms with Gasteiger partial charge in [0.1, 0.15) is 12.4 Å². The van der Waals surface area contributed by atoms with Crippen LogP contribution in [0.25, 0.3) is 11.8 Å². The number of thiazole rings is 1. The minimum atomic E-state index is -0.317. The second-order valence-corrected chi connectivity index (χ2v) is 12.3. The molecule has 0 saturated carbocycles. The fourth-order valence-electron chi connectivity index (χ4n) is 6.12. The second-order valence-electron chi connectivity index (χ2n) is 10.9. The van der Waals surface area contributed by atoms with Gasteiger partial charge in [0.25, 0.3) is 5.56 Å². The van der Waals surface area contributed by atoms with Crippen LogP contribution < -0.4 is 29.1 Å². The van der Waals surface area contributed by atoms with Gasteiger partial charge in [0, 0.05) is 21.7 Å². The third-order valence-electron chi connectivity index (χ3n) is 8.21. The van der Waals surface area contributed by atoms with Gasteiger partial charge in [-0.05, 0) is 66.8 Å².